The van der Waals surface area contributed by atoms with Crippen LogP contribution < -0.4 is 0 Å². The number of hydrogen-bond donors (Lipinski definition) is 0. The van der Waals surface area contributed by atoms with Crippen LogP contribution in [-0.2, 0) is 0 Å². The molecule has 0 bridgehead atoms. The molecule has 9 rings (SSSR count). The molecular weight excluding hydrogens is 528 g/mol. The van der Waals surface area contributed by atoms with E-state index in [1.54, 1.807) is 0 Å². The molecule has 0 aliphatic carbocycles. The summed E-state index contributed by atoms with van der Waals surface area (Å²) < 4.78 is 10.8. The summed E-state index contributed by atoms with van der Waals surface area (Å²) in [6.07, 6.45) is 0. The molecule has 0 saturated heterocycles. The van der Waals surface area contributed by atoms with Gasteiger partial charge >= 0.3 is 0 Å². The second-order valence-corrected chi connectivity index (χ2v) is 10.9. The third-order valence-corrected chi connectivity index (χ3v) is 8.56. The largest absolute Gasteiger partial charge is 0.456 e. The molecule has 5 heteroatoms. The van der Waals surface area contributed by atoms with Gasteiger partial charge in [0.25, 0.3) is 0 Å². The lowest BCUT2D eigenvalue weighted by Crippen LogP contribution is -1.94. The number of rotatable bonds is 2. The zero-order chi connectivity index (χ0) is 28.7. The molecule has 0 saturated carbocycles. The first-order valence-corrected chi connectivity index (χ1v) is 14.1. The normalized spacial score (nSPS) is 11.7. The number of fused-ring (bicyclic) bond motifs is 9. The highest BCUT2D eigenvalue weighted by Crippen LogP contribution is 2.38. The number of nitriles is 2. The first-order valence-electron chi connectivity index (χ1n) is 14.1. The highest BCUT2D eigenvalue weighted by Gasteiger charge is 2.17. The topological polar surface area (TPSA) is 70.6 Å². The van der Waals surface area contributed by atoms with Crippen LogP contribution in [0.25, 0.3) is 76.9 Å². The highest BCUT2D eigenvalue weighted by atomic mass is 16.3. The van der Waals surface area contributed by atoms with Crippen LogP contribution in [0.5, 0.6) is 0 Å². The highest BCUT2D eigenvalue weighted by molar-refractivity contribution is 6.12. The Labute approximate surface area is 245 Å². The van der Waals surface area contributed by atoms with Crippen molar-refractivity contribution in [3.8, 4) is 23.5 Å². The van der Waals surface area contributed by atoms with E-state index in [0.29, 0.717) is 11.1 Å². The van der Waals surface area contributed by atoms with Gasteiger partial charge in [0.05, 0.1) is 45.3 Å². The van der Waals surface area contributed by atoms with Gasteiger partial charge in [-0.25, -0.2) is 0 Å². The molecule has 0 amide bonds. The quantitative estimate of drug-likeness (QED) is 0.216. The van der Waals surface area contributed by atoms with Gasteiger partial charge in [-0.05, 0) is 72.8 Å². The number of nitrogens with zero attached hydrogens (tertiary/aromatic N) is 4. The first-order chi connectivity index (χ1) is 21.2. The summed E-state index contributed by atoms with van der Waals surface area (Å²) in [7, 11) is 0. The van der Waals surface area contributed by atoms with Crippen LogP contribution in [0.15, 0.2) is 126 Å². The van der Waals surface area contributed by atoms with Crippen molar-refractivity contribution >= 4 is 65.6 Å². The van der Waals surface area contributed by atoms with E-state index in [0.717, 1.165) is 66.2 Å². The Balaban J connectivity index is 1.33. The summed E-state index contributed by atoms with van der Waals surface area (Å²) in [5.41, 5.74) is 8.93. The molecule has 0 spiro atoms. The standard InChI is InChI=1S/C38H20N4O/c39-21-23-9-13-29-30-14-10-24(22-40)18-36(30)42(35(29)17-23)26-12-16-38-32(20-26)31-19-25(11-15-37(31)43-38)41-33-7-3-1-5-27(33)28-6-2-4-8-34(28)41/h1-20H. The molecule has 0 fully saturated rings. The van der Waals surface area contributed by atoms with E-state index in [9.17, 15) is 10.5 Å². The lowest BCUT2D eigenvalue weighted by atomic mass is 10.1. The predicted molar refractivity (Wildman–Crippen MR) is 172 cm³/mol. The van der Waals surface area contributed by atoms with Gasteiger partial charge in [-0.2, -0.15) is 10.5 Å². The number of furan rings is 1. The fourth-order valence-corrected chi connectivity index (χ4v) is 6.67. The van der Waals surface area contributed by atoms with Gasteiger partial charge in [-0.1, -0.05) is 48.5 Å². The molecule has 43 heavy (non-hydrogen) atoms. The van der Waals surface area contributed by atoms with Crippen molar-refractivity contribution < 1.29 is 4.42 Å². The lowest BCUT2D eigenvalue weighted by Gasteiger charge is -2.09. The van der Waals surface area contributed by atoms with Crippen LogP contribution in [0.4, 0.5) is 0 Å². The Hall–Kier alpha value is -6.30. The average Bonchev–Trinajstić information content (AvgIpc) is 3.70. The van der Waals surface area contributed by atoms with E-state index in [2.05, 4.69) is 88.0 Å². The Bertz CT molecular complexity index is 2580. The SMILES string of the molecule is N#Cc1ccc2c3ccc(C#N)cc3n(-c3ccc4oc5ccc(-n6c7ccccc7c7ccccc76)cc5c4c3)c2c1. The molecule has 0 unspecified atom stereocenters. The number of benzene rings is 6. The summed E-state index contributed by atoms with van der Waals surface area (Å²) in [5.74, 6) is 0. The maximum atomic E-state index is 9.67. The van der Waals surface area contributed by atoms with Gasteiger partial charge in [0, 0.05) is 43.7 Å². The van der Waals surface area contributed by atoms with Gasteiger partial charge in [0.2, 0.25) is 0 Å². The van der Waals surface area contributed by atoms with Crippen molar-refractivity contribution in [2.24, 2.45) is 0 Å². The summed E-state index contributed by atoms with van der Waals surface area (Å²) in [6, 6.07) is 45.6. The van der Waals surface area contributed by atoms with E-state index >= 15 is 0 Å². The molecule has 0 N–H and O–H groups in total. The zero-order valence-electron chi connectivity index (χ0n) is 22.7. The van der Waals surface area contributed by atoms with Crippen molar-refractivity contribution in [1.82, 2.24) is 9.13 Å². The fraction of sp³-hybridized carbons (Fsp3) is 0. The second kappa shape index (κ2) is 8.60. The second-order valence-electron chi connectivity index (χ2n) is 10.9. The minimum atomic E-state index is 0.586. The van der Waals surface area contributed by atoms with Gasteiger partial charge in [0.15, 0.2) is 0 Å². The van der Waals surface area contributed by atoms with E-state index in [4.69, 9.17) is 4.42 Å². The predicted octanol–water partition coefficient (Wildman–Crippen LogP) is 9.52. The van der Waals surface area contributed by atoms with E-state index in [1.165, 1.54) is 10.8 Å². The number of hydrogen-bond acceptors (Lipinski definition) is 3. The minimum absolute atomic E-state index is 0.586. The maximum Gasteiger partial charge on any atom is 0.135 e. The Morgan fingerprint density at radius 2 is 0.860 bits per heavy atom. The molecule has 198 valence electrons. The van der Waals surface area contributed by atoms with Crippen molar-refractivity contribution in [2.75, 3.05) is 0 Å². The zero-order valence-corrected chi connectivity index (χ0v) is 22.7. The summed E-state index contributed by atoms with van der Waals surface area (Å²) >= 11 is 0. The molecule has 5 nitrogen and oxygen atoms in total. The van der Waals surface area contributed by atoms with Crippen molar-refractivity contribution in [1.29, 1.82) is 10.5 Å². The Morgan fingerprint density at radius 1 is 0.419 bits per heavy atom. The molecule has 0 aliphatic rings. The molecule has 0 radical (unpaired) electrons. The van der Waals surface area contributed by atoms with Gasteiger partial charge in [-0.15, -0.1) is 0 Å². The average molecular weight is 549 g/mol. The van der Waals surface area contributed by atoms with Crippen molar-refractivity contribution in [3.63, 3.8) is 0 Å². The summed E-state index contributed by atoms with van der Waals surface area (Å²) in [6.45, 7) is 0. The Morgan fingerprint density at radius 3 is 1.35 bits per heavy atom. The van der Waals surface area contributed by atoms with E-state index < -0.39 is 0 Å². The van der Waals surface area contributed by atoms with E-state index in [-0.39, 0.29) is 0 Å². The molecule has 0 aliphatic heterocycles. The van der Waals surface area contributed by atoms with E-state index in [1.807, 2.05) is 54.6 Å². The molecule has 3 heterocycles. The molecule has 6 aromatic carbocycles. The summed E-state index contributed by atoms with van der Waals surface area (Å²) in [5, 5.41) is 25.9. The van der Waals surface area contributed by atoms with Crippen LogP contribution in [0, 0.1) is 22.7 Å². The van der Waals surface area contributed by atoms with Crippen LogP contribution in [0.1, 0.15) is 11.1 Å². The van der Waals surface area contributed by atoms with Crippen LogP contribution in [-0.4, -0.2) is 9.13 Å². The van der Waals surface area contributed by atoms with Gasteiger partial charge < -0.3 is 13.6 Å². The fourth-order valence-electron chi connectivity index (χ4n) is 6.67. The third-order valence-electron chi connectivity index (χ3n) is 8.56. The molecule has 9 aromatic rings. The molecule has 0 atom stereocenters. The van der Waals surface area contributed by atoms with Crippen LogP contribution >= 0.6 is 0 Å². The molecular formula is C38H20N4O. The first kappa shape index (κ1) is 23.4. The minimum Gasteiger partial charge on any atom is -0.456 e. The van der Waals surface area contributed by atoms with Crippen molar-refractivity contribution in [2.45, 2.75) is 0 Å². The van der Waals surface area contributed by atoms with Gasteiger partial charge in [0.1, 0.15) is 11.2 Å². The molecule has 3 aromatic heterocycles. The number of aromatic nitrogens is 2. The van der Waals surface area contributed by atoms with Gasteiger partial charge in [-0.3, -0.25) is 0 Å². The van der Waals surface area contributed by atoms with Crippen molar-refractivity contribution in [3.05, 3.63) is 132 Å². The van der Waals surface area contributed by atoms with Crippen LogP contribution in [0.2, 0.25) is 0 Å². The smallest absolute Gasteiger partial charge is 0.135 e. The van der Waals surface area contributed by atoms with Crippen LogP contribution in [0.3, 0.4) is 0 Å². The number of para-hydroxylation sites is 2. The monoisotopic (exact) mass is 548 g/mol. The Kier molecular flexibility index (Phi) is 4.68. The lowest BCUT2D eigenvalue weighted by molar-refractivity contribution is 0.669. The third kappa shape index (κ3) is 3.25. The summed E-state index contributed by atoms with van der Waals surface area (Å²) in [4.78, 5) is 0. The maximum absolute atomic E-state index is 9.67.